The topological polar surface area (TPSA) is 9.23 Å². The highest BCUT2D eigenvalue weighted by atomic mass is 35.5. The Morgan fingerprint density at radius 3 is 1.88 bits per heavy atom. The molecule has 8 heteroatoms. The maximum atomic E-state index is 12.6. The van der Waals surface area contributed by atoms with Gasteiger partial charge in [-0.2, -0.15) is 17.6 Å². The third-order valence-corrected chi connectivity index (χ3v) is 2.23. The molecule has 0 amide bonds. The minimum atomic E-state index is -4.67. The van der Waals surface area contributed by atoms with Gasteiger partial charge in [0.25, 0.3) is 0 Å². The molecule has 0 saturated carbocycles. The fourth-order valence-corrected chi connectivity index (χ4v) is 1.70. The molecule has 1 rings (SSSR count). The lowest BCUT2D eigenvalue weighted by Crippen LogP contribution is -2.33. The van der Waals surface area contributed by atoms with Crippen molar-refractivity contribution in [2.75, 3.05) is 0 Å². The van der Waals surface area contributed by atoms with E-state index in [1.807, 2.05) is 0 Å². The van der Waals surface area contributed by atoms with E-state index < -0.39 is 18.3 Å². The van der Waals surface area contributed by atoms with Crippen LogP contribution in [0.3, 0.4) is 0 Å². The zero-order valence-corrected chi connectivity index (χ0v) is 9.55. The Morgan fingerprint density at radius 1 is 1.06 bits per heavy atom. The quantitative estimate of drug-likeness (QED) is 0.722. The molecule has 0 aliphatic rings. The summed E-state index contributed by atoms with van der Waals surface area (Å²) in [5.41, 5.74) is 0. The molecule has 0 fully saturated rings. The average molecular weight is 297 g/mol. The molecule has 0 aliphatic heterocycles. The summed E-state index contributed by atoms with van der Waals surface area (Å²) in [6.45, 7) is 0. The van der Waals surface area contributed by atoms with Crippen LogP contribution in [0.2, 0.25) is 15.1 Å². The van der Waals surface area contributed by atoms with E-state index >= 15 is 0 Å². The molecule has 1 nitrogen and oxygen atoms in total. The number of hydrogen-bond acceptors (Lipinski definition) is 1. The molecule has 0 aromatic heterocycles. The maximum absolute atomic E-state index is 12.6. The van der Waals surface area contributed by atoms with Crippen molar-refractivity contribution in [3.8, 4) is 5.75 Å². The van der Waals surface area contributed by atoms with Crippen molar-refractivity contribution in [1.29, 1.82) is 0 Å². The van der Waals surface area contributed by atoms with Crippen LogP contribution in [-0.4, -0.2) is 12.5 Å². The Morgan fingerprint density at radius 2 is 1.50 bits per heavy atom. The molecule has 0 saturated heterocycles. The summed E-state index contributed by atoms with van der Waals surface area (Å²) in [5.74, 6) is -0.738. The first kappa shape index (κ1) is 13.7. The molecule has 1 aromatic rings. The lowest BCUT2D eigenvalue weighted by molar-refractivity contribution is -0.253. The Labute approximate surface area is 103 Å². The van der Waals surface area contributed by atoms with E-state index in [1.165, 1.54) is 0 Å². The summed E-state index contributed by atoms with van der Waals surface area (Å²) in [6, 6.07) is 2.09. The van der Waals surface area contributed by atoms with Gasteiger partial charge in [-0.05, 0) is 12.1 Å². The SMILES string of the molecule is FC(F)C(F)(F)Oc1c(Cl)cc(Cl)cc1Cl. The fourth-order valence-electron chi connectivity index (χ4n) is 0.807. The summed E-state index contributed by atoms with van der Waals surface area (Å²) >= 11 is 16.4. The van der Waals surface area contributed by atoms with E-state index in [-0.39, 0.29) is 15.1 Å². The van der Waals surface area contributed by atoms with E-state index in [9.17, 15) is 17.6 Å². The van der Waals surface area contributed by atoms with Gasteiger partial charge in [0.15, 0.2) is 5.75 Å². The smallest absolute Gasteiger partial charge is 0.425 e. The lowest BCUT2D eigenvalue weighted by Gasteiger charge is -2.18. The van der Waals surface area contributed by atoms with Crippen molar-refractivity contribution in [1.82, 2.24) is 0 Å². The second kappa shape index (κ2) is 4.85. The summed E-state index contributed by atoms with van der Waals surface area (Å²) in [7, 11) is 0. The molecular weight excluding hydrogens is 294 g/mol. The van der Waals surface area contributed by atoms with Crippen molar-refractivity contribution in [3.05, 3.63) is 27.2 Å². The molecule has 0 bridgehead atoms. The van der Waals surface area contributed by atoms with Gasteiger partial charge < -0.3 is 4.74 Å². The van der Waals surface area contributed by atoms with E-state index in [2.05, 4.69) is 4.74 Å². The second-order valence-corrected chi connectivity index (χ2v) is 3.91. The van der Waals surface area contributed by atoms with Gasteiger partial charge in [0.1, 0.15) is 0 Å². The first-order valence-corrected chi connectivity index (χ1v) is 4.87. The molecule has 0 atom stereocenters. The molecule has 0 unspecified atom stereocenters. The van der Waals surface area contributed by atoms with Crippen LogP contribution in [0, 0.1) is 0 Å². The minimum absolute atomic E-state index is 0.0720. The molecule has 0 heterocycles. The van der Waals surface area contributed by atoms with Crippen LogP contribution in [-0.2, 0) is 0 Å². The van der Waals surface area contributed by atoms with Crippen LogP contribution in [0.25, 0.3) is 0 Å². The highest BCUT2D eigenvalue weighted by molar-refractivity contribution is 6.40. The van der Waals surface area contributed by atoms with Gasteiger partial charge in [0, 0.05) is 5.02 Å². The number of ether oxygens (including phenoxy) is 1. The van der Waals surface area contributed by atoms with Crippen LogP contribution in [0.15, 0.2) is 12.1 Å². The molecule has 90 valence electrons. The van der Waals surface area contributed by atoms with Crippen molar-refractivity contribution in [2.24, 2.45) is 0 Å². The predicted octanol–water partition coefficient (Wildman–Crippen LogP) is 4.88. The number of hydrogen-bond donors (Lipinski definition) is 0. The van der Waals surface area contributed by atoms with Gasteiger partial charge in [-0.15, -0.1) is 0 Å². The zero-order chi connectivity index (χ0) is 12.5. The Hall–Kier alpha value is -0.390. The van der Waals surface area contributed by atoms with Gasteiger partial charge in [0.2, 0.25) is 0 Å². The summed E-state index contributed by atoms with van der Waals surface area (Å²) in [6.07, 6.45) is -8.66. The van der Waals surface area contributed by atoms with Crippen LogP contribution >= 0.6 is 34.8 Å². The fraction of sp³-hybridized carbons (Fsp3) is 0.250. The molecule has 16 heavy (non-hydrogen) atoms. The van der Waals surface area contributed by atoms with Gasteiger partial charge in [-0.3, -0.25) is 0 Å². The molecular formula is C8H3Cl3F4O. The van der Waals surface area contributed by atoms with Crippen molar-refractivity contribution in [3.63, 3.8) is 0 Å². The Kier molecular flexibility index (Phi) is 4.15. The number of halogens is 7. The predicted molar refractivity (Wildman–Crippen MR) is 53.1 cm³/mol. The van der Waals surface area contributed by atoms with Crippen molar-refractivity contribution < 1.29 is 22.3 Å². The lowest BCUT2D eigenvalue weighted by atomic mass is 10.3. The first-order chi connectivity index (χ1) is 7.24. The van der Waals surface area contributed by atoms with Crippen LogP contribution in [0.4, 0.5) is 17.6 Å². The second-order valence-electron chi connectivity index (χ2n) is 2.66. The van der Waals surface area contributed by atoms with E-state index in [1.54, 1.807) is 0 Å². The summed E-state index contributed by atoms with van der Waals surface area (Å²) in [4.78, 5) is 0. The largest absolute Gasteiger partial charge is 0.461 e. The summed E-state index contributed by atoms with van der Waals surface area (Å²) in [5, 5.41) is -0.682. The standard InChI is InChI=1S/C8H3Cl3F4O/c9-3-1-4(10)6(5(11)2-3)16-8(14,15)7(12)13/h1-2,7H. The highest BCUT2D eigenvalue weighted by Crippen LogP contribution is 2.39. The highest BCUT2D eigenvalue weighted by Gasteiger charge is 2.44. The van der Waals surface area contributed by atoms with Crippen molar-refractivity contribution >= 4 is 34.8 Å². The maximum Gasteiger partial charge on any atom is 0.461 e. The number of benzene rings is 1. The number of rotatable bonds is 3. The Balaban J connectivity index is 3.07. The van der Waals surface area contributed by atoms with Crippen molar-refractivity contribution in [2.45, 2.75) is 12.5 Å². The monoisotopic (exact) mass is 296 g/mol. The van der Waals surface area contributed by atoms with E-state index in [0.29, 0.717) is 0 Å². The summed E-state index contributed by atoms with van der Waals surface area (Å²) < 4.78 is 52.6. The zero-order valence-electron chi connectivity index (χ0n) is 7.29. The normalized spacial score (nSPS) is 12.0. The molecule has 0 aliphatic carbocycles. The number of alkyl halides is 4. The third-order valence-electron chi connectivity index (χ3n) is 1.46. The van der Waals surface area contributed by atoms with Gasteiger partial charge >= 0.3 is 12.5 Å². The average Bonchev–Trinajstić information content (AvgIpc) is 2.11. The Bertz CT molecular complexity index is 374. The molecule has 0 spiro atoms. The molecule has 0 N–H and O–H groups in total. The van der Waals surface area contributed by atoms with Gasteiger partial charge in [-0.1, -0.05) is 34.8 Å². The van der Waals surface area contributed by atoms with Crippen LogP contribution in [0.5, 0.6) is 5.75 Å². The third kappa shape index (κ3) is 3.06. The van der Waals surface area contributed by atoms with Crippen LogP contribution < -0.4 is 4.74 Å². The molecule has 0 radical (unpaired) electrons. The minimum Gasteiger partial charge on any atom is -0.425 e. The van der Waals surface area contributed by atoms with Gasteiger partial charge in [0.05, 0.1) is 10.0 Å². The molecule has 1 aromatic carbocycles. The van der Waals surface area contributed by atoms with E-state index in [4.69, 9.17) is 34.8 Å². The van der Waals surface area contributed by atoms with Crippen LogP contribution in [0.1, 0.15) is 0 Å². The van der Waals surface area contributed by atoms with E-state index in [0.717, 1.165) is 12.1 Å². The van der Waals surface area contributed by atoms with Gasteiger partial charge in [-0.25, -0.2) is 0 Å². The first-order valence-electron chi connectivity index (χ1n) is 3.73.